The third-order valence-corrected chi connectivity index (χ3v) is 8.02. The maximum Gasteiger partial charge on any atom is 0.255 e. The van der Waals surface area contributed by atoms with Gasteiger partial charge in [0.15, 0.2) is 15.0 Å². The van der Waals surface area contributed by atoms with Crippen LogP contribution in [-0.2, 0) is 9.84 Å². The van der Waals surface area contributed by atoms with E-state index in [1.807, 2.05) is 0 Å². The molecular weight excluding hydrogens is 426 g/mol. The SMILES string of the molecule is COc1ccc(NC(=O)c2ccc(NC3=NC4CS(=O)(=O)CC4S3)cc2)c(OC)c1. The van der Waals surface area contributed by atoms with E-state index in [9.17, 15) is 13.2 Å². The van der Waals surface area contributed by atoms with Crippen molar-refractivity contribution < 1.29 is 22.7 Å². The smallest absolute Gasteiger partial charge is 0.255 e. The first-order valence-electron chi connectivity index (χ1n) is 9.22. The molecule has 2 aromatic carbocycles. The maximum atomic E-state index is 12.6. The van der Waals surface area contributed by atoms with Gasteiger partial charge in [-0.1, -0.05) is 11.8 Å². The predicted molar refractivity (Wildman–Crippen MR) is 119 cm³/mol. The molecule has 2 atom stereocenters. The van der Waals surface area contributed by atoms with Gasteiger partial charge in [-0.3, -0.25) is 9.79 Å². The summed E-state index contributed by atoms with van der Waals surface area (Å²) in [5, 5.41) is 6.72. The fourth-order valence-corrected chi connectivity index (χ4v) is 7.02. The lowest BCUT2D eigenvalue weighted by Gasteiger charge is -2.12. The zero-order chi connectivity index (χ0) is 21.3. The van der Waals surface area contributed by atoms with E-state index in [1.165, 1.54) is 18.9 Å². The lowest BCUT2D eigenvalue weighted by atomic mass is 10.2. The van der Waals surface area contributed by atoms with Crippen molar-refractivity contribution in [2.45, 2.75) is 11.3 Å². The van der Waals surface area contributed by atoms with Crippen molar-refractivity contribution >= 4 is 44.0 Å². The van der Waals surface area contributed by atoms with Crippen molar-refractivity contribution in [2.75, 3.05) is 36.4 Å². The number of amides is 1. The topological polar surface area (TPSA) is 106 Å². The number of sulfone groups is 1. The van der Waals surface area contributed by atoms with Crippen LogP contribution in [-0.4, -0.2) is 56.5 Å². The summed E-state index contributed by atoms with van der Waals surface area (Å²) in [6, 6.07) is 12.0. The summed E-state index contributed by atoms with van der Waals surface area (Å²) in [4.78, 5) is 17.1. The second-order valence-electron chi connectivity index (χ2n) is 6.96. The Labute approximate surface area is 179 Å². The number of carbonyl (C=O) groups is 1. The molecule has 2 aliphatic rings. The molecule has 4 rings (SSSR count). The number of hydrogen-bond donors (Lipinski definition) is 2. The molecule has 1 fully saturated rings. The molecule has 0 aromatic heterocycles. The molecule has 0 radical (unpaired) electrons. The van der Waals surface area contributed by atoms with Gasteiger partial charge in [0.1, 0.15) is 11.5 Å². The summed E-state index contributed by atoms with van der Waals surface area (Å²) in [5.74, 6) is 1.16. The van der Waals surface area contributed by atoms with Crippen LogP contribution in [0.15, 0.2) is 47.5 Å². The molecule has 2 aliphatic heterocycles. The molecule has 0 bridgehead atoms. The fraction of sp³-hybridized carbons (Fsp3) is 0.300. The van der Waals surface area contributed by atoms with E-state index in [0.717, 1.165) is 5.69 Å². The van der Waals surface area contributed by atoms with Crippen molar-refractivity contribution in [1.82, 2.24) is 0 Å². The summed E-state index contributed by atoms with van der Waals surface area (Å²) >= 11 is 1.45. The number of amidine groups is 1. The molecule has 0 aliphatic carbocycles. The minimum atomic E-state index is -2.97. The van der Waals surface area contributed by atoms with Gasteiger partial charge >= 0.3 is 0 Å². The van der Waals surface area contributed by atoms with E-state index >= 15 is 0 Å². The van der Waals surface area contributed by atoms with E-state index in [0.29, 0.717) is 27.9 Å². The predicted octanol–water partition coefficient (Wildman–Crippen LogP) is 2.64. The average molecular weight is 448 g/mol. The van der Waals surface area contributed by atoms with Crippen LogP contribution >= 0.6 is 11.8 Å². The summed E-state index contributed by atoms with van der Waals surface area (Å²) < 4.78 is 33.8. The first-order valence-corrected chi connectivity index (χ1v) is 11.9. The van der Waals surface area contributed by atoms with Gasteiger partial charge in [0.25, 0.3) is 5.91 Å². The number of nitrogens with one attached hydrogen (secondary N) is 2. The van der Waals surface area contributed by atoms with Crippen LogP contribution in [0.2, 0.25) is 0 Å². The number of hydrogen-bond acceptors (Lipinski definition) is 8. The van der Waals surface area contributed by atoms with Gasteiger partial charge < -0.3 is 20.1 Å². The average Bonchev–Trinajstić information content (AvgIpc) is 3.21. The second kappa shape index (κ2) is 8.19. The molecule has 0 saturated carbocycles. The largest absolute Gasteiger partial charge is 0.497 e. The number of nitrogens with zero attached hydrogens (tertiary/aromatic N) is 1. The zero-order valence-corrected chi connectivity index (χ0v) is 18.0. The third-order valence-electron chi connectivity index (χ3n) is 4.87. The molecule has 8 nitrogen and oxygen atoms in total. The van der Waals surface area contributed by atoms with Gasteiger partial charge in [0, 0.05) is 22.6 Å². The minimum Gasteiger partial charge on any atom is -0.497 e. The highest BCUT2D eigenvalue weighted by Crippen LogP contribution is 2.34. The molecule has 2 unspecified atom stereocenters. The van der Waals surface area contributed by atoms with Crippen LogP contribution in [0.5, 0.6) is 11.5 Å². The van der Waals surface area contributed by atoms with Crippen LogP contribution in [0.4, 0.5) is 11.4 Å². The Morgan fingerprint density at radius 3 is 2.53 bits per heavy atom. The van der Waals surface area contributed by atoms with E-state index < -0.39 is 9.84 Å². The minimum absolute atomic E-state index is 0.0120. The monoisotopic (exact) mass is 447 g/mol. The summed E-state index contributed by atoms with van der Waals surface area (Å²) in [7, 11) is 0.120. The summed E-state index contributed by atoms with van der Waals surface area (Å²) in [5.41, 5.74) is 1.81. The highest BCUT2D eigenvalue weighted by molar-refractivity contribution is 8.15. The van der Waals surface area contributed by atoms with Crippen LogP contribution in [0.1, 0.15) is 10.4 Å². The second-order valence-corrected chi connectivity index (χ2v) is 10.3. The number of thioether (sulfide) groups is 1. The molecule has 2 aromatic rings. The zero-order valence-electron chi connectivity index (χ0n) is 16.4. The Morgan fingerprint density at radius 2 is 1.87 bits per heavy atom. The van der Waals surface area contributed by atoms with E-state index in [2.05, 4.69) is 15.6 Å². The van der Waals surface area contributed by atoms with Crippen LogP contribution in [0, 0.1) is 0 Å². The Kier molecular flexibility index (Phi) is 5.61. The Bertz CT molecular complexity index is 1100. The summed E-state index contributed by atoms with van der Waals surface area (Å²) in [6.07, 6.45) is 0. The first kappa shape index (κ1) is 20.5. The molecule has 10 heteroatoms. The number of benzene rings is 2. The lowest BCUT2D eigenvalue weighted by Crippen LogP contribution is -2.13. The van der Waals surface area contributed by atoms with Gasteiger partial charge in [-0.15, -0.1) is 0 Å². The Hall–Kier alpha value is -2.72. The highest BCUT2D eigenvalue weighted by atomic mass is 32.2. The van der Waals surface area contributed by atoms with Gasteiger partial charge in [-0.25, -0.2) is 8.42 Å². The van der Waals surface area contributed by atoms with E-state index in [-0.39, 0.29) is 28.7 Å². The molecule has 30 heavy (non-hydrogen) atoms. The lowest BCUT2D eigenvalue weighted by molar-refractivity contribution is 0.102. The van der Waals surface area contributed by atoms with Crippen molar-refractivity contribution in [2.24, 2.45) is 4.99 Å². The van der Waals surface area contributed by atoms with Crippen molar-refractivity contribution in [3.05, 3.63) is 48.0 Å². The number of aliphatic imine (C=N–C) groups is 1. The van der Waals surface area contributed by atoms with Gasteiger partial charge in [-0.05, 0) is 36.4 Å². The normalized spacial score (nSPS) is 21.5. The number of carbonyl (C=O) groups excluding carboxylic acids is 1. The number of methoxy groups -OCH3 is 2. The van der Waals surface area contributed by atoms with Crippen molar-refractivity contribution in [3.8, 4) is 11.5 Å². The first-order chi connectivity index (χ1) is 14.4. The van der Waals surface area contributed by atoms with E-state index in [1.54, 1.807) is 49.6 Å². The molecule has 2 heterocycles. The Morgan fingerprint density at radius 1 is 1.10 bits per heavy atom. The number of ether oxygens (including phenoxy) is 2. The van der Waals surface area contributed by atoms with Crippen molar-refractivity contribution in [3.63, 3.8) is 0 Å². The maximum absolute atomic E-state index is 12.6. The molecule has 1 saturated heterocycles. The Balaban J connectivity index is 1.40. The molecule has 0 spiro atoms. The van der Waals surface area contributed by atoms with Crippen LogP contribution in [0.25, 0.3) is 0 Å². The molecule has 2 N–H and O–H groups in total. The summed E-state index contributed by atoms with van der Waals surface area (Å²) in [6.45, 7) is 0. The number of rotatable bonds is 5. The third kappa shape index (κ3) is 4.39. The molecule has 1 amide bonds. The quantitative estimate of drug-likeness (QED) is 0.726. The highest BCUT2D eigenvalue weighted by Gasteiger charge is 2.42. The van der Waals surface area contributed by atoms with Crippen molar-refractivity contribution in [1.29, 1.82) is 0 Å². The standard InChI is InChI=1S/C20H21N3O5S2/c1-27-14-7-8-15(17(9-14)28-2)22-19(24)12-3-5-13(6-4-12)21-20-23-16-10-30(25,26)11-18(16)29-20/h3-9,16,18H,10-11H2,1-2H3,(H,21,23)(H,22,24). The van der Waals surface area contributed by atoms with Gasteiger partial charge in [0.2, 0.25) is 0 Å². The van der Waals surface area contributed by atoms with Crippen LogP contribution in [0.3, 0.4) is 0 Å². The number of anilines is 2. The molecule has 158 valence electrons. The van der Waals surface area contributed by atoms with Gasteiger partial charge in [-0.2, -0.15) is 0 Å². The fourth-order valence-electron chi connectivity index (χ4n) is 3.34. The van der Waals surface area contributed by atoms with E-state index in [4.69, 9.17) is 9.47 Å². The molecular formula is C20H21N3O5S2. The van der Waals surface area contributed by atoms with Gasteiger partial charge in [0.05, 0.1) is 37.5 Å². The number of fused-ring (bicyclic) bond motifs is 1. The van der Waals surface area contributed by atoms with Crippen LogP contribution < -0.4 is 20.1 Å².